The molecule has 0 fully saturated rings. The molecule has 0 saturated carbocycles. The number of halogens is 2. The van der Waals surface area contributed by atoms with E-state index < -0.39 is 27.6 Å². The summed E-state index contributed by atoms with van der Waals surface area (Å²) in [5, 5.41) is 2.47. The lowest BCUT2D eigenvalue weighted by atomic mass is 10.2. The van der Waals surface area contributed by atoms with Crippen LogP contribution in [0.25, 0.3) is 0 Å². The van der Waals surface area contributed by atoms with Crippen molar-refractivity contribution < 1.29 is 26.7 Å². The third-order valence-corrected chi connectivity index (χ3v) is 6.42. The highest BCUT2D eigenvalue weighted by atomic mass is 32.2. The summed E-state index contributed by atoms with van der Waals surface area (Å²) in [5.41, 5.74) is 0.467. The first-order valence-electron chi connectivity index (χ1n) is 9.17. The molecule has 31 heavy (non-hydrogen) atoms. The summed E-state index contributed by atoms with van der Waals surface area (Å²) in [4.78, 5) is 12.4. The predicted molar refractivity (Wildman–Crippen MR) is 113 cm³/mol. The Morgan fingerprint density at radius 2 is 1.74 bits per heavy atom. The van der Waals surface area contributed by atoms with E-state index in [0.717, 1.165) is 22.5 Å². The third-order valence-electron chi connectivity index (χ3n) is 4.64. The molecule has 3 rings (SSSR count). The molecule has 0 aromatic heterocycles. The van der Waals surface area contributed by atoms with Crippen LogP contribution in [-0.2, 0) is 16.6 Å². The van der Waals surface area contributed by atoms with Crippen molar-refractivity contribution in [2.75, 3.05) is 18.5 Å². The zero-order chi connectivity index (χ0) is 22.6. The van der Waals surface area contributed by atoms with Gasteiger partial charge >= 0.3 is 0 Å². The first kappa shape index (κ1) is 22.2. The number of rotatable bonds is 7. The average molecular weight is 446 g/mol. The molecule has 6 nitrogen and oxygen atoms in total. The predicted octanol–water partition coefficient (Wildman–Crippen LogP) is 3.73. The van der Waals surface area contributed by atoms with E-state index in [1.807, 2.05) is 0 Å². The van der Waals surface area contributed by atoms with Crippen molar-refractivity contribution in [2.45, 2.75) is 11.4 Å². The zero-order valence-electron chi connectivity index (χ0n) is 16.8. The van der Waals surface area contributed by atoms with Crippen LogP contribution < -0.4 is 14.4 Å². The maximum atomic E-state index is 13.7. The summed E-state index contributed by atoms with van der Waals surface area (Å²) >= 11 is 0. The fourth-order valence-corrected chi connectivity index (χ4v) is 4.09. The number of hydrogen-bond donors (Lipinski definition) is 1. The van der Waals surface area contributed by atoms with Gasteiger partial charge in [-0.2, -0.15) is 0 Å². The first-order chi connectivity index (χ1) is 14.7. The Kier molecular flexibility index (Phi) is 6.55. The topological polar surface area (TPSA) is 75.7 Å². The van der Waals surface area contributed by atoms with Crippen LogP contribution in [0.3, 0.4) is 0 Å². The van der Waals surface area contributed by atoms with Gasteiger partial charge in [-0.25, -0.2) is 17.2 Å². The molecule has 0 atom stereocenters. The molecular formula is C22H20F2N2O4S. The number of ether oxygens (including phenoxy) is 1. The van der Waals surface area contributed by atoms with Crippen LogP contribution in [0.2, 0.25) is 0 Å². The molecule has 1 amide bonds. The second-order valence-corrected chi connectivity index (χ2v) is 8.59. The van der Waals surface area contributed by atoms with Crippen LogP contribution >= 0.6 is 0 Å². The molecule has 9 heteroatoms. The first-order valence-corrected chi connectivity index (χ1v) is 10.6. The van der Waals surface area contributed by atoms with Gasteiger partial charge in [-0.1, -0.05) is 6.07 Å². The normalized spacial score (nSPS) is 11.1. The number of hydrogen-bond acceptors (Lipinski definition) is 4. The fraction of sp³-hybridized carbons (Fsp3) is 0.136. The maximum Gasteiger partial charge on any atom is 0.264 e. The van der Waals surface area contributed by atoms with Gasteiger partial charge in [0.1, 0.15) is 17.4 Å². The fourth-order valence-electron chi connectivity index (χ4n) is 2.84. The third kappa shape index (κ3) is 5.00. The number of amides is 1. The number of benzene rings is 3. The monoisotopic (exact) mass is 446 g/mol. The Balaban J connectivity index is 1.79. The molecule has 0 aliphatic rings. The van der Waals surface area contributed by atoms with Crippen LogP contribution in [0.4, 0.5) is 14.5 Å². The van der Waals surface area contributed by atoms with Crippen molar-refractivity contribution in [1.82, 2.24) is 5.32 Å². The Morgan fingerprint density at radius 1 is 1.03 bits per heavy atom. The molecule has 0 heterocycles. The molecule has 3 aromatic rings. The number of carbonyl (C=O) groups is 1. The van der Waals surface area contributed by atoms with Gasteiger partial charge in [-0.15, -0.1) is 0 Å². The van der Waals surface area contributed by atoms with Crippen molar-refractivity contribution in [1.29, 1.82) is 0 Å². The summed E-state index contributed by atoms with van der Waals surface area (Å²) in [7, 11) is -1.04. The molecule has 162 valence electrons. The molecule has 0 radical (unpaired) electrons. The maximum absolute atomic E-state index is 13.7. The highest BCUT2D eigenvalue weighted by Gasteiger charge is 2.22. The Bertz CT molecular complexity index is 1200. The Labute approximate surface area is 179 Å². The lowest BCUT2D eigenvalue weighted by molar-refractivity contribution is 0.0950. The van der Waals surface area contributed by atoms with E-state index in [4.69, 9.17) is 4.74 Å². The van der Waals surface area contributed by atoms with Crippen LogP contribution in [0, 0.1) is 11.6 Å². The van der Waals surface area contributed by atoms with E-state index >= 15 is 0 Å². The van der Waals surface area contributed by atoms with Gasteiger partial charge in [0.2, 0.25) is 0 Å². The van der Waals surface area contributed by atoms with Gasteiger partial charge in [0.15, 0.2) is 0 Å². The summed E-state index contributed by atoms with van der Waals surface area (Å²) in [6, 6.07) is 14.9. The minimum atomic E-state index is -3.94. The second-order valence-electron chi connectivity index (χ2n) is 6.62. The van der Waals surface area contributed by atoms with E-state index in [2.05, 4.69) is 5.32 Å². The van der Waals surface area contributed by atoms with Crippen molar-refractivity contribution in [3.05, 3.63) is 89.5 Å². The van der Waals surface area contributed by atoms with Crippen LogP contribution in [0.5, 0.6) is 5.75 Å². The number of methoxy groups -OCH3 is 1. The highest BCUT2D eigenvalue weighted by molar-refractivity contribution is 7.92. The summed E-state index contributed by atoms with van der Waals surface area (Å²) in [6.07, 6.45) is 0. The van der Waals surface area contributed by atoms with E-state index in [1.54, 1.807) is 24.3 Å². The standard InChI is InChI=1S/C22H20F2N2O4S/c1-26(18-7-9-19(30-2)10-8-18)31(28,29)20-5-3-4-15(13-20)22(27)25-14-16-12-17(23)6-11-21(16)24/h3-13H,14H2,1-2H3,(H,25,27). The Hall–Kier alpha value is -3.46. The summed E-state index contributed by atoms with van der Waals surface area (Å²) in [6.45, 7) is -0.245. The Morgan fingerprint density at radius 3 is 2.42 bits per heavy atom. The molecule has 1 N–H and O–H groups in total. The quantitative estimate of drug-likeness (QED) is 0.600. The zero-order valence-corrected chi connectivity index (χ0v) is 17.6. The minimum absolute atomic E-state index is 0.0173. The lowest BCUT2D eigenvalue weighted by Gasteiger charge is -2.20. The number of sulfonamides is 1. The highest BCUT2D eigenvalue weighted by Crippen LogP contribution is 2.24. The van der Waals surface area contributed by atoms with Crippen molar-refractivity contribution in [3.63, 3.8) is 0 Å². The van der Waals surface area contributed by atoms with Gasteiger partial charge in [-0.05, 0) is 60.7 Å². The average Bonchev–Trinajstić information content (AvgIpc) is 2.79. The van der Waals surface area contributed by atoms with Gasteiger partial charge in [0.25, 0.3) is 15.9 Å². The van der Waals surface area contributed by atoms with Crippen molar-refractivity contribution in [3.8, 4) is 5.75 Å². The molecular weight excluding hydrogens is 426 g/mol. The van der Waals surface area contributed by atoms with Gasteiger partial charge < -0.3 is 10.1 Å². The summed E-state index contributed by atoms with van der Waals surface area (Å²) < 4.78 is 59.2. The molecule has 0 bridgehead atoms. The number of anilines is 1. The molecule has 0 spiro atoms. The van der Waals surface area contributed by atoms with E-state index in [9.17, 15) is 22.0 Å². The minimum Gasteiger partial charge on any atom is -0.497 e. The van der Waals surface area contributed by atoms with Crippen molar-refractivity contribution in [2.24, 2.45) is 0 Å². The smallest absolute Gasteiger partial charge is 0.264 e. The number of carbonyl (C=O) groups excluding carboxylic acids is 1. The van der Waals surface area contributed by atoms with E-state index in [0.29, 0.717) is 11.4 Å². The SMILES string of the molecule is COc1ccc(N(C)S(=O)(=O)c2cccc(C(=O)NCc3cc(F)ccc3F)c2)cc1. The van der Waals surface area contributed by atoms with Crippen LogP contribution in [0.15, 0.2) is 71.6 Å². The van der Waals surface area contributed by atoms with Crippen LogP contribution in [0.1, 0.15) is 15.9 Å². The van der Waals surface area contributed by atoms with Gasteiger partial charge in [0.05, 0.1) is 17.7 Å². The van der Waals surface area contributed by atoms with E-state index in [1.165, 1.54) is 38.4 Å². The second kappa shape index (κ2) is 9.13. The van der Waals surface area contributed by atoms with Crippen molar-refractivity contribution >= 4 is 21.6 Å². The molecule has 0 aliphatic heterocycles. The van der Waals surface area contributed by atoms with E-state index in [-0.39, 0.29) is 22.6 Å². The van der Waals surface area contributed by atoms with Gasteiger partial charge in [0, 0.05) is 24.7 Å². The van der Waals surface area contributed by atoms with Crippen LogP contribution in [-0.4, -0.2) is 28.5 Å². The summed E-state index contributed by atoms with van der Waals surface area (Å²) in [5.74, 6) is -1.31. The number of nitrogens with zero attached hydrogens (tertiary/aromatic N) is 1. The molecule has 0 unspecified atom stereocenters. The molecule has 3 aromatic carbocycles. The largest absolute Gasteiger partial charge is 0.497 e. The molecule has 0 aliphatic carbocycles. The lowest BCUT2D eigenvalue weighted by Crippen LogP contribution is -2.27. The van der Waals surface area contributed by atoms with Gasteiger partial charge in [-0.3, -0.25) is 9.10 Å². The molecule has 0 saturated heterocycles. The number of nitrogens with one attached hydrogen (secondary N) is 1.